The quantitative estimate of drug-likeness (QED) is 0.545. The van der Waals surface area contributed by atoms with Gasteiger partial charge in [0.25, 0.3) is 0 Å². The number of aliphatic carboxylic acids is 1. The summed E-state index contributed by atoms with van der Waals surface area (Å²) in [6, 6.07) is 1.56. The molecule has 0 aromatic carbocycles. The fourth-order valence-electron chi connectivity index (χ4n) is 0.923. The van der Waals surface area contributed by atoms with Crippen molar-refractivity contribution in [3.8, 4) is 0 Å². The molecule has 1 aromatic heterocycles. The van der Waals surface area contributed by atoms with Crippen molar-refractivity contribution in [2.45, 2.75) is 13.8 Å². The van der Waals surface area contributed by atoms with E-state index in [0.717, 1.165) is 0 Å². The first-order valence-corrected chi connectivity index (χ1v) is 3.87. The van der Waals surface area contributed by atoms with Crippen LogP contribution in [0.5, 0.6) is 0 Å². The molecular weight excluding hydrogens is 170 g/mol. The molecule has 1 aromatic rings. The number of ketones is 1. The SMILES string of the molecule is CC(C)(C(=O)O)C(=O)c1cc[nH]c1. The Morgan fingerprint density at radius 2 is 2.08 bits per heavy atom. The molecule has 4 nitrogen and oxygen atoms in total. The number of hydrogen-bond donors (Lipinski definition) is 2. The Bertz CT molecular complexity index is 325. The topological polar surface area (TPSA) is 70.2 Å². The van der Waals surface area contributed by atoms with E-state index in [0.29, 0.717) is 5.56 Å². The molecule has 0 fully saturated rings. The van der Waals surface area contributed by atoms with E-state index >= 15 is 0 Å². The van der Waals surface area contributed by atoms with Crippen LogP contribution >= 0.6 is 0 Å². The van der Waals surface area contributed by atoms with Crippen molar-refractivity contribution in [2.75, 3.05) is 0 Å². The first-order valence-electron chi connectivity index (χ1n) is 3.87. The van der Waals surface area contributed by atoms with E-state index in [1.54, 1.807) is 12.3 Å². The van der Waals surface area contributed by atoms with Gasteiger partial charge < -0.3 is 10.1 Å². The lowest BCUT2D eigenvalue weighted by Gasteiger charge is -2.15. The fourth-order valence-corrected chi connectivity index (χ4v) is 0.923. The molecule has 0 saturated carbocycles. The second kappa shape index (κ2) is 3.05. The molecule has 0 amide bonds. The molecule has 0 aliphatic heterocycles. The van der Waals surface area contributed by atoms with E-state index in [2.05, 4.69) is 4.98 Å². The van der Waals surface area contributed by atoms with Gasteiger partial charge in [-0.3, -0.25) is 9.59 Å². The van der Waals surface area contributed by atoms with Crippen LogP contribution in [-0.2, 0) is 4.79 Å². The van der Waals surface area contributed by atoms with Gasteiger partial charge in [0.05, 0.1) is 0 Å². The minimum atomic E-state index is -1.36. The highest BCUT2D eigenvalue weighted by Crippen LogP contribution is 2.21. The van der Waals surface area contributed by atoms with E-state index in [4.69, 9.17) is 5.11 Å². The summed E-state index contributed by atoms with van der Waals surface area (Å²) in [6.07, 6.45) is 3.08. The molecule has 0 bridgehead atoms. The number of aromatic amines is 1. The maximum atomic E-state index is 11.6. The zero-order valence-corrected chi connectivity index (χ0v) is 7.50. The molecule has 4 heteroatoms. The minimum Gasteiger partial charge on any atom is -0.481 e. The smallest absolute Gasteiger partial charge is 0.316 e. The van der Waals surface area contributed by atoms with Crippen LogP contribution in [-0.4, -0.2) is 21.8 Å². The van der Waals surface area contributed by atoms with Crippen molar-refractivity contribution in [3.63, 3.8) is 0 Å². The van der Waals surface area contributed by atoms with Crippen molar-refractivity contribution in [1.82, 2.24) is 4.98 Å². The Balaban J connectivity index is 2.98. The van der Waals surface area contributed by atoms with Gasteiger partial charge in [-0.2, -0.15) is 0 Å². The molecule has 0 saturated heterocycles. The molecule has 70 valence electrons. The van der Waals surface area contributed by atoms with Gasteiger partial charge in [-0.25, -0.2) is 0 Å². The van der Waals surface area contributed by atoms with Crippen molar-refractivity contribution >= 4 is 11.8 Å². The van der Waals surface area contributed by atoms with Gasteiger partial charge in [0, 0.05) is 18.0 Å². The van der Waals surface area contributed by atoms with Crippen LogP contribution in [0.15, 0.2) is 18.5 Å². The number of aromatic nitrogens is 1. The molecular formula is C9H11NO3. The third-order valence-electron chi connectivity index (χ3n) is 1.96. The Kier molecular flexibility index (Phi) is 2.23. The lowest BCUT2D eigenvalue weighted by Crippen LogP contribution is -2.33. The second-order valence-corrected chi connectivity index (χ2v) is 3.36. The number of hydrogen-bond acceptors (Lipinski definition) is 2. The van der Waals surface area contributed by atoms with Crippen LogP contribution < -0.4 is 0 Å². The molecule has 13 heavy (non-hydrogen) atoms. The predicted octanol–water partition coefficient (Wildman–Crippen LogP) is 1.31. The average Bonchev–Trinajstić information content (AvgIpc) is 2.54. The number of H-pyrrole nitrogens is 1. The van der Waals surface area contributed by atoms with Crippen LogP contribution in [0.1, 0.15) is 24.2 Å². The lowest BCUT2D eigenvalue weighted by molar-refractivity contribution is -0.144. The number of rotatable bonds is 3. The Morgan fingerprint density at radius 1 is 1.46 bits per heavy atom. The van der Waals surface area contributed by atoms with Crippen LogP contribution in [0, 0.1) is 5.41 Å². The number of carboxylic acids is 1. The molecule has 1 rings (SSSR count). The third kappa shape index (κ3) is 1.61. The number of carboxylic acid groups (broad SMARTS) is 1. The number of Topliss-reactive ketones (excluding diaryl/α,β-unsaturated/α-hetero) is 1. The van der Waals surface area contributed by atoms with Crippen molar-refractivity contribution in [2.24, 2.45) is 5.41 Å². The third-order valence-corrected chi connectivity index (χ3v) is 1.96. The van der Waals surface area contributed by atoms with Crippen molar-refractivity contribution < 1.29 is 14.7 Å². The summed E-state index contributed by atoms with van der Waals surface area (Å²) in [5, 5.41) is 8.78. The number of nitrogens with one attached hydrogen (secondary N) is 1. The summed E-state index contributed by atoms with van der Waals surface area (Å²) in [4.78, 5) is 25.0. The predicted molar refractivity (Wildman–Crippen MR) is 46.5 cm³/mol. The Hall–Kier alpha value is -1.58. The Morgan fingerprint density at radius 3 is 2.46 bits per heavy atom. The van der Waals surface area contributed by atoms with Gasteiger partial charge in [-0.15, -0.1) is 0 Å². The second-order valence-electron chi connectivity index (χ2n) is 3.36. The van der Waals surface area contributed by atoms with Gasteiger partial charge in [-0.1, -0.05) is 0 Å². The van der Waals surface area contributed by atoms with E-state index in [1.165, 1.54) is 20.0 Å². The van der Waals surface area contributed by atoms with Crippen LogP contribution in [0.2, 0.25) is 0 Å². The zero-order chi connectivity index (χ0) is 10.1. The highest BCUT2D eigenvalue weighted by molar-refractivity contribution is 6.11. The van der Waals surface area contributed by atoms with E-state index in [1.807, 2.05) is 0 Å². The maximum Gasteiger partial charge on any atom is 0.316 e. The summed E-state index contributed by atoms with van der Waals surface area (Å²) >= 11 is 0. The normalized spacial score (nSPS) is 11.2. The van der Waals surface area contributed by atoms with Crippen molar-refractivity contribution in [3.05, 3.63) is 24.0 Å². The summed E-state index contributed by atoms with van der Waals surface area (Å²) in [6.45, 7) is 2.79. The zero-order valence-electron chi connectivity index (χ0n) is 7.50. The Labute approximate surface area is 75.6 Å². The lowest BCUT2D eigenvalue weighted by atomic mass is 9.85. The molecule has 2 N–H and O–H groups in total. The summed E-state index contributed by atoms with van der Waals surface area (Å²) in [5.41, 5.74) is -0.963. The van der Waals surface area contributed by atoms with Crippen LogP contribution in [0.25, 0.3) is 0 Å². The summed E-state index contributed by atoms with van der Waals surface area (Å²) in [7, 11) is 0. The first-order chi connectivity index (χ1) is 5.96. The number of carbonyl (C=O) groups is 2. The van der Waals surface area contributed by atoms with Gasteiger partial charge in [0.2, 0.25) is 0 Å². The fraction of sp³-hybridized carbons (Fsp3) is 0.333. The first kappa shape index (κ1) is 9.51. The standard InChI is InChI=1S/C9H11NO3/c1-9(2,8(12)13)7(11)6-3-4-10-5-6/h3-5,10H,1-2H3,(H,12,13). The molecule has 1 heterocycles. The minimum absolute atomic E-state index is 0.388. The molecule has 0 aliphatic carbocycles. The van der Waals surface area contributed by atoms with Gasteiger partial charge in [-0.05, 0) is 19.9 Å². The molecule has 0 spiro atoms. The van der Waals surface area contributed by atoms with Gasteiger partial charge in [0.1, 0.15) is 5.41 Å². The summed E-state index contributed by atoms with van der Waals surface area (Å²) in [5.74, 6) is -1.50. The largest absolute Gasteiger partial charge is 0.481 e. The van der Waals surface area contributed by atoms with Crippen molar-refractivity contribution in [1.29, 1.82) is 0 Å². The summed E-state index contributed by atoms with van der Waals surface area (Å²) < 4.78 is 0. The van der Waals surface area contributed by atoms with Crippen LogP contribution in [0.3, 0.4) is 0 Å². The highest BCUT2D eigenvalue weighted by Gasteiger charge is 2.36. The number of carbonyl (C=O) groups excluding carboxylic acids is 1. The average molecular weight is 181 g/mol. The highest BCUT2D eigenvalue weighted by atomic mass is 16.4. The molecule has 0 unspecified atom stereocenters. The van der Waals surface area contributed by atoms with Crippen LogP contribution in [0.4, 0.5) is 0 Å². The monoisotopic (exact) mass is 181 g/mol. The van der Waals surface area contributed by atoms with Gasteiger partial charge in [0.15, 0.2) is 5.78 Å². The molecule has 0 atom stereocenters. The van der Waals surface area contributed by atoms with E-state index in [-0.39, 0.29) is 5.78 Å². The molecule has 0 aliphatic rings. The maximum absolute atomic E-state index is 11.6. The van der Waals surface area contributed by atoms with E-state index in [9.17, 15) is 9.59 Å². The molecule has 0 radical (unpaired) electrons. The van der Waals surface area contributed by atoms with E-state index < -0.39 is 11.4 Å². The van der Waals surface area contributed by atoms with Gasteiger partial charge >= 0.3 is 5.97 Å².